The molecule has 0 aliphatic heterocycles. The molecule has 2 rings (SSSR count). The van der Waals surface area contributed by atoms with E-state index < -0.39 is 0 Å². The largest absolute Gasteiger partial charge is 0.496 e. The number of anilines is 1. The summed E-state index contributed by atoms with van der Waals surface area (Å²) < 4.78 is 5.26. The van der Waals surface area contributed by atoms with Gasteiger partial charge >= 0.3 is 0 Å². The van der Waals surface area contributed by atoms with Gasteiger partial charge in [-0.2, -0.15) is 0 Å². The lowest BCUT2D eigenvalue weighted by atomic mass is 10.1. The molecule has 5 heteroatoms. The number of hydrogen-bond acceptors (Lipinski definition) is 4. The van der Waals surface area contributed by atoms with Crippen LogP contribution in [0.15, 0.2) is 18.2 Å². The lowest BCUT2D eigenvalue weighted by Crippen LogP contribution is -2.14. The van der Waals surface area contributed by atoms with E-state index in [2.05, 4.69) is 10.3 Å². The number of nitrogens with one attached hydrogen (secondary N) is 1. The van der Waals surface area contributed by atoms with Gasteiger partial charge in [0.2, 0.25) is 5.91 Å². The number of carbonyl (C=O) groups excluding carboxylic acids is 1. The number of rotatable bonds is 4. The number of benzene rings is 1. The van der Waals surface area contributed by atoms with Crippen molar-refractivity contribution in [2.75, 3.05) is 12.4 Å². The molecule has 1 aromatic carbocycles. The van der Waals surface area contributed by atoms with Crippen LogP contribution in [0.2, 0.25) is 0 Å². The van der Waals surface area contributed by atoms with Crippen molar-refractivity contribution in [3.8, 4) is 5.75 Å². The van der Waals surface area contributed by atoms with Gasteiger partial charge in [0.05, 0.1) is 19.2 Å². The van der Waals surface area contributed by atoms with Gasteiger partial charge in [-0.05, 0) is 38.0 Å². The molecular formula is C15H18N2O2S. The summed E-state index contributed by atoms with van der Waals surface area (Å²) in [7, 11) is 1.63. The summed E-state index contributed by atoms with van der Waals surface area (Å²) in [6.07, 6.45) is 0.314. The molecule has 20 heavy (non-hydrogen) atoms. The van der Waals surface area contributed by atoms with E-state index >= 15 is 0 Å². The maximum absolute atomic E-state index is 12.0. The van der Waals surface area contributed by atoms with Gasteiger partial charge < -0.3 is 10.1 Å². The first-order valence-corrected chi connectivity index (χ1v) is 7.18. The van der Waals surface area contributed by atoms with E-state index in [9.17, 15) is 4.79 Å². The second kappa shape index (κ2) is 6.05. The molecule has 2 aromatic rings. The lowest BCUT2D eigenvalue weighted by Gasteiger charge is -2.07. The van der Waals surface area contributed by atoms with E-state index in [1.165, 1.54) is 11.3 Å². The van der Waals surface area contributed by atoms with Crippen molar-refractivity contribution in [3.05, 3.63) is 39.9 Å². The average molecular weight is 290 g/mol. The molecule has 0 unspecified atom stereocenters. The predicted octanol–water partition coefficient (Wildman–Crippen LogP) is 3.26. The topological polar surface area (TPSA) is 51.2 Å². The quantitative estimate of drug-likeness (QED) is 0.940. The van der Waals surface area contributed by atoms with Crippen LogP contribution in [0.25, 0.3) is 0 Å². The monoisotopic (exact) mass is 290 g/mol. The van der Waals surface area contributed by atoms with E-state index in [0.717, 1.165) is 27.4 Å². The highest BCUT2D eigenvalue weighted by molar-refractivity contribution is 7.15. The SMILES string of the molecule is COc1cc(CC(=O)Nc2nc(C)c(C)s2)ccc1C. The van der Waals surface area contributed by atoms with Crippen LogP contribution in [0.1, 0.15) is 21.7 Å². The molecule has 0 fully saturated rings. The minimum Gasteiger partial charge on any atom is -0.496 e. The highest BCUT2D eigenvalue weighted by Gasteiger charge is 2.09. The maximum Gasteiger partial charge on any atom is 0.230 e. The summed E-state index contributed by atoms with van der Waals surface area (Å²) in [5, 5.41) is 3.49. The summed E-state index contributed by atoms with van der Waals surface area (Å²) in [6.45, 7) is 5.91. The number of ether oxygens (including phenoxy) is 1. The first kappa shape index (κ1) is 14.5. The van der Waals surface area contributed by atoms with E-state index in [1.54, 1.807) is 7.11 Å². The Morgan fingerprint density at radius 1 is 1.35 bits per heavy atom. The van der Waals surface area contributed by atoms with Gasteiger partial charge in [-0.25, -0.2) is 4.98 Å². The second-order valence-corrected chi connectivity index (χ2v) is 5.89. The summed E-state index contributed by atoms with van der Waals surface area (Å²) in [6, 6.07) is 5.79. The van der Waals surface area contributed by atoms with Crippen LogP contribution >= 0.6 is 11.3 Å². The van der Waals surface area contributed by atoms with Crippen LogP contribution in [0.5, 0.6) is 5.75 Å². The number of amides is 1. The van der Waals surface area contributed by atoms with Crippen molar-refractivity contribution in [1.82, 2.24) is 4.98 Å². The van der Waals surface area contributed by atoms with Crippen molar-refractivity contribution >= 4 is 22.4 Å². The molecule has 106 valence electrons. The fraction of sp³-hybridized carbons (Fsp3) is 0.333. The molecule has 0 spiro atoms. The second-order valence-electron chi connectivity index (χ2n) is 4.69. The number of thiazole rings is 1. The third-order valence-electron chi connectivity index (χ3n) is 3.11. The molecule has 0 bridgehead atoms. The molecule has 0 aliphatic rings. The van der Waals surface area contributed by atoms with Gasteiger partial charge in [0.15, 0.2) is 5.13 Å². The van der Waals surface area contributed by atoms with Crippen LogP contribution in [-0.2, 0) is 11.2 Å². The van der Waals surface area contributed by atoms with Gasteiger partial charge in [-0.3, -0.25) is 4.79 Å². The summed E-state index contributed by atoms with van der Waals surface area (Å²) >= 11 is 1.50. The Morgan fingerprint density at radius 2 is 2.10 bits per heavy atom. The first-order chi connectivity index (χ1) is 9.49. The van der Waals surface area contributed by atoms with Crippen LogP contribution < -0.4 is 10.1 Å². The van der Waals surface area contributed by atoms with Crippen molar-refractivity contribution in [2.24, 2.45) is 0 Å². The van der Waals surface area contributed by atoms with Crippen molar-refractivity contribution < 1.29 is 9.53 Å². The van der Waals surface area contributed by atoms with Crippen molar-refractivity contribution in [2.45, 2.75) is 27.2 Å². The lowest BCUT2D eigenvalue weighted by molar-refractivity contribution is -0.115. The molecule has 1 aromatic heterocycles. The minimum atomic E-state index is -0.0651. The zero-order valence-corrected chi connectivity index (χ0v) is 12.9. The molecule has 0 aliphatic carbocycles. The Labute approximate surface area is 122 Å². The molecule has 1 N–H and O–H groups in total. The van der Waals surface area contributed by atoms with Crippen LogP contribution in [0.4, 0.5) is 5.13 Å². The van der Waals surface area contributed by atoms with Gasteiger partial charge in [-0.1, -0.05) is 12.1 Å². The fourth-order valence-electron chi connectivity index (χ4n) is 1.85. The molecule has 4 nitrogen and oxygen atoms in total. The Kier molecular flexibility index (Phi) is 4.39. The Hall–Kier alpha value is -1.88. The number of aromatic nitrogens is 1. The average Bonchev–Trinajstić information content (AvgIpc) is 2.70. The Balaban J connectivity index is 2.04. The van der Waals surface area contributed by atoms with Crippen molar-refractivity contribution in [3.63, 3.8) is 0 Å². The zero-order valence-electron chi connectivity index (χ0n) is 12.1. The third-order valence-corrected chi connectivity index (χ3v) is 4.10. The van der Waals surface area contributed by atoms with Crippen LogP contribution in [0, 0.1) is 20.8 Å². The standard InChI is InChI=1S/C15H18N2O2S/c1-9-5-6-12(7-13(9)19-4)8-14(18)17-15-16-10(2)11(3)20-15/h5-7H,8H2,1-4H3,(H,16,17,18). The number of methoxy groups -OCH3 is 1. The molecule has 0 saturated carbocycles. The molecule has 1 heterocycles. The third kappa shape index (κ3) is 3.36. The molecule has 0 atom stereocenters. The van der Waals surface area contributed by atoms with E-state index in [0.29, 0.717) is 11.6 Å². The van der Waals surface area contributed by atoms with Crippen LogP contribution in [-0.4, -0.2) is 18.0 Å². The van der Waals surface area contributed by atoms with Crippen molar-refractivity contribution in [1.29, 1.82) is 0 Å². The summed E-state index contributed by atoms with van der Waals surface area (Å²) in [5.74, 6) is 0.737. The minimum absolute atomic E-state index is 0.0651. The molecule has 0 saturated heterocycles. The van der Waals surface area contributed by atoms with E-state index in [1.807, 2.05) is 39.0 Å². The summed E-state index contributed by atoms with van der Waals surface area (Å²) in [4.78, 5) is 17.4. The Bertz CT molecular complexity index is 615. The highest BCUT2D eigenvalue weighted by Crippen LogP contribution is 2.22. The zero-order chi connectivity index (χ0) is 14.7. The van der Waals surface area contributed by atoms with Crippen LogP contribution in [0.3, 0.4) is 0 Å². The molecular weight excluding hydrogens is 272 g/mol. The van der Waals surface area contributed by atoms with Gasteiger partial charge in [-0.15, -0.1) is 11.3 Å². The van der Waals surface area contributed by atoms with E-state index in [4.69, 9.17) is 4.74 Å². The number of aryl methyl sites for hydroxylation is 3. The molecule has 0 radical (unpaired) electrons. The highest BCUT2D eigenvalue weighted by atomic mass is 32.1. The maximum atomic E-state index is 12.0. The smallest absolute Gasteiger partial charge is 0.230 e. The predicted molar refractivity (Wildman–Crippen MR) is 81.7 cm³/mol. The summed E-state index contributed by atoms with van der Waals surface area (Å²) in [5.41, 5.74) is 2.94. The van der Waals surface area contributed by atoms with Gasteiger partial charge in [0, 0.05) is 4.88 Å². The number of hydrogen-bond donors (Lipinski definition) is 1. The van der Waals surface area contributed by atoms with Gasteiger partial charge in [0.1, 0.15) is 5.75 Å². The normalized spacial score (nSPS) is 10.4. The van der Waals surface area contributed by atoms with Gasteiger partial charge in [0.25, 0.3) is 0 Å². The number of nitrogens with zero attached hydrogens (tertiary/aromatic N) is 1. The van der Waals surface area contributed by atoms with E-state index in [-0.39, 0.29) is 5.91 Å². The number of carbonyl (C=O) groups is 1. The molecule has 1 amide bonds. The first-order valence-electron chi connectivity index (χ1n) is 6.37. The Morgan fingerprint density at radius 3 is 2.70 bits per heavy atom. The fourth-order valence-corrected chi connectivity index (χ4v) is 2.68.